The molecular weight excluding hydrogens is 455 g/mol. The molecule has 1 atom stereocenters. The second-order valence-corrected chi connectivity index (χ2v) is 8.57. The van der Waals surface area contributed by atoms with Gasteiger partial charge in [0.1, 0.15) is 12.3 Å². The minimum Gasteiger partial charge on any atom is -0.481 e. The van der Waals surface area contributed by atoms with Crippen LogP contribution in [0.25, 0.3) is 0 Å². The van der Waals surface area contributed by atoms with E-state index in [1.165, 1.54) is 0 Å². The first-order chi connectivity index (χ1) is 13.5. The van der Waals surface area contributed by atoms with E-state index in [9.17, 15) is 9.90 Å². The molecule has 0 aliphatic carbocycles. The van der Waals surface area contributed by atoms with Gasteiger partial charge in [0.15, 0.2) is 0 Å². The lowest BCUT2D eigenvalue weighted by molar-refractivity contribution is -0.143. The van der Waals surface area contributed by atoms with Gasteiger partial charge in [-0.2, -0.15) is 0 Å². The summed E-state index contributed by atoms with van der Waals surface area (Å²) >= 11 is 14.0. The largest absolute Gasteiger partial charge is 0.481 e. The molecule has 5 nitrogen and oxygen atoms in total. The van der Waals surface area contributed by atoms with Crippen LogP contribution in [0, 0.1) is 12.8 Å². The molecule has 0 saturated carbocycles. The number of aryl methyl sites for hydroxylation is 1. The topological polar surface area (TPSA) is 62.1 Å². The SMILES string of the molecule is Cc1ccsc1/C(=N\OCCN1CCCC(C(=O)O)C1)c1ccc(Cl)cc1Cl.Cl. The van der Waals surface area contributed by atoms with Crippen LogP contribution in [0.4, 0.5) is 0 Å². The quantitative estimate of drug-likeness (QED) is 0.332. The number of benzene rings is 1. The lowest BCUT2D eigenvalue weighted by Gasteiger charge is -2.29. The molecule has 1 aromatic heterocycles. The molecule has 0 radical (unpaired) electrons. The van der Waals surface area contributed by atoms with Gasteiger partial charge in [-0.3, -0.25) is 9.69 Å². The smallest absolute Gasteiger partial charge is 0.307 e. The Morgan fingerprint density at radius 2 is 2.17 bits per heavy atom. The van der Waals surface area contributed by atoms with Crippen molar-refractivity contribution in [3.8, 4) is 0 Å². The van der Waals surface area contributed by atoms with Gasteiger partial charge in [-0.05, 0) is 61.5 Å². The Balaban J connectivity index is 0.00000300. The Kier molecular flexibility index (Phi) is 9.24. The van der Waals surface area contributed by atoms with Crippen LogP contribution in [0.3, 0.4) is 0 Å². The fourth-order valence-electron chi connectivity index (χ4n) is 3.25. The van der Waals surface area contributed by atoms with Gasteiger partial charge in [0.25, 0.3) is 0 Å². The molecule has 1 N–H and O–H groups in total. The highest BCUT2D eigenvalue weighted by atomic mass is 35.5. The van der Waals surface area contributed by atoms with Crippen LogP contribution >= 0.6 is 46.9 Å². The van der Waals surface area contributed by atoms with Crippen LogP contribution in [0.1, 0.15) is 28.8 Å². The fourth-order valence-corrected chi connectivity index (χ4v) is 4.67. The second kappa shape index (κ2) is 11.2. The molecule has 1 unspecified atom stereocenters. The van der Waals surface area contributed by atoms with E-state index in [2.05, 4.69) is 10.1 Å². The summed E-state index contributed by atoms with van der Waals surface area (Å²) in [4.78, 5) is 19.9. The lowest BCUT2D eigenvalue weighted by atomic mass is 9.98. The maximum absolute atomic E-state index is 11.2. The average Bonchev–Trinajstić information content (AvgIpc) is 3.08. The lowest BCUT2D eigenvalue weighted by Crippen LogP contribution is -2.40. The van der Waals surface area contributed by atoms with Gasteiger partial charge < -0.3 is 9.94 Å². The molecule has 3 rings (SSSR count). The molecule has 1 saturated heterocycles. The highest BCUT2D eigenvalue weighted by Crippen LogP contribution is 2.27. The van der Waals surface area contributed by atoms with Crippen molar-refractivity contribution in [2.45, 2.75) is 19.8 Å². The zero-order chi connectivity index (χ0) is 20.1. The summed E-state index contributed by atoms with van der Waals surface area (Å²) in [7, 11) is 0. The number of thiophene rings is 1. The van der Waals surface area contributed by atoms with Crippen molar-refractivity contribution in [2.24, 2.45) is 11.1 Å². The molecule has 29 heavy (non-hydrogen) atoms. The molecule has 1 aliphatic heterocycles. The predicted octanol–water partition coefficient (Wildman–Crippen LogP) is 5.35. The number of hydrogen-bond acceptors (Lipinski definition) is 5. The van der Waals surface area contributed by atoms with Crippen LogP contribution in [0.2, 0.25) is 10.0 Å². The van der Waals surface area contributed by atoms with E-state index in [1.54, 1.807) is 23.5 Å². The number of nitrogens with zero attached hydrogens (tertiary/aromatic N) is 2. The van der Waals surface area contributed by atoms with E-state index in [0.29, 0.717) is 35.5 Å². The summed E-state index contributed by atoms with van der Waals surface area (Å²) in [5, 5.41) is 16.7. The summed E-state index contributed by atoms with van der Waals surface area (Å²) < 4.78 is 0. The molecule has 2 heterocycles. The van der Waals surface area contributed by atoms with Crippen molar-refractivity contribution in [3.63, 3.8) is 0 Å². The Morgan fingerprint density at radius 1 is 1.38 bits per heavy atom. The first-order valence-electron chi connectivity index (χ1n) is 9.10. The third-order valence-corrected chi connectivity index (χ3v) is 6.34. The number of rotatable bonds is 7. The summed E-state index contributed by atoms with van der Waals surface area (Å²) in [6.45, 7) is 4.48. The third-order valence-electron chi connectivity index (χ3n) is 4.77. The number of oxime groups is 1. The number of hydrogen-bond donors (Lipinski definition) is 1. The van der Waals surface area contributed by atoms with Crippen molar-refractivity contribution < 1.29 is 14.7 Å². The van der Waals surface area contributed by atoms with Crippen LogP contribution in [0.15, 0.2) is 34.8 Å². The summed E-state index contributed by atoms with van der Waals surface area (Å²) in [6, 6.07) is 7.34. The molecule has 9 heteroatoms. The molecule has 158 valence electrons. The number of carbonyl (C=O) groups is 1. The van der Waals surface area contributed by atoms with Crippen LogP contribution in [0.5, 0.6) is 0 Å². The van der Waals surface area contributed by atoms with Crippen LogP contribution in [-0.4, -0.2) is 47.9 Å². The van der Waals surface area contributed by atoms with Gasteiger partial charge >= 0.3 is 5.97 Å². The minimum atomic E-state index is -0.725. The number of halogens is 3. The van der Waals surface area contributed by atoms with Crippen LogP contribution in [-0.2, 0) is 9.63 Å². The zero-order valence-electron chi connectivity index (χ0n) is 15.9. The number of carboxylic acid groups (broad SMARTS) is 1. The molecule has 0 bridgehead atoms. The zero-order valence-corrected chi connectivity index (χ0v) is 19.1. The highest BCUT2D eigenvalue weighted by molar-refractivity contribution is 7.12. The number of aliphatic carboxylic acids is 1. The Hall–Kier alpha value is -1.31. The molecule has 2 aromatic rings. The molecule has 1 aliphatic rings. The first-order valence-corrected chi connectivity index (χ1v) is 10.7. The van der Waals surface area contributed by atoms with Crippen molar-refractivity contribution >= 4 is 58.6 Å². The summed E-state index contributed by atoms with van der Waals surface area (Å²) in [5.41, 5.74) is 2.54. The van der Waals surface area contributed by atoms with Crippen LogP contribution < -0.4 is 0 Å². The number of carboxylic acids is 1. The predicted molar refractivity (Wildman–Crippen MR) is 121 cm³/mol. The van der Waals surface area contributed by atoms with Crippen molar-refractivity contribution in [1.29, 1.82) is 0 Å². The standard InChI is InChI=1S/C20H22Cl2N2O3S.ClH/c1-13-6-10-28-19(13)18(16-5-4-15(21)11-17(16)22)23-27-9-8-24-7-2-3-14(12-24)20(25)26;/h4-6,10-11,14H,2-3,7-9,12H2,1H3,(H,25,26);1H/b23-18-;. The molecule has 0 amide bonds. The monoisotopic (exact) mass is 476 g/mol. The van der Waals surface area contributed by atoms with Crippen molar-refractivity contribution in [2.75, 3.05) is 26.2 Å². The van der Waals surface area contributed by atoms with E-state index in [0.717, 1.165) is 35.4 Å². The Labute approximate surface area is 190 Å². The maximum atomic E-state index is 11.2. The average molecular weight is 478 g/mol. The maximum Gasteiger partial charge on any atom is 0.307 e. The van der Waals surface area contributed by atoms with Crippen molar-refractivity contribution in [1.82, 2.24) is 4.90 Å². The number of piperidine rings is 1. The third kappa shape index (κ3) is 6.33. The Bertz CT molecular complexity index is 872. The summed E-state index contributed by atoms with van der Waals surface area (Å²) in [5.74, 6) is -1.02. The fraction of sp³-hybridized carbons (Fsp3) is 0.400. The van der Waals surface area contributed by atoms with E-state index >= 15 is 0 Å². The highest BCUT2D eigenvalue weighted by Gasteiger charge is 2.25. The van der Waals surface area contributed by atoms with Gasteiger partial charge in [-0.25, -0.2) is 0 Å². The van der Waals surface area contributed by atoms with Gasteiger partial charge in [0, 0.05) is 23.7 Å². The van der Waals surface area contributed by atoms with Gasteiger partial charge in [-0.15, -0.1) is 23.7 Å². The molecule has 1 aromatic carbocycles. The van der Waals surface area contributed by atoms with E-state index < -0.39 is 5.97 Å². The molecular formula is C20H23Cl3N2O3S. The van der Waals surface area contributed by atoms with E-state index in [1.807, 2.05) is 24.4 Å². The van der Waals surface area contributed by atoms with Crippen molar-refractivity contribution in [3.05, 3.63) is 55.7 Å². The molecule has 0 spiro atoms. The van der Waals surface area contributed by atoms with Gasteiger partial charge in [-0.1, -0.05) is 28.4 Å². The normalized spacial score (nSPS) is 17.6. The Morgan fingerprint density at radius 3 is 2.83 bits per heavy atom. The van der Waals surface area contributed by atoms with Gasteiger partial charge in [0.2, 0.25) is 0 Å². The minimum absolute atomic E-state index is 0. The van der Waals surface area contributed by atoms with E-state index in [4.69, 9.17) is 28.0 Å². The van der Waals surface area contributed by atoms with E-state index in [-0.39, 0.29) is 18.3 Å². The molecule has 1 fully saturated rings. The summed E-state index contributed by atoms with van der Waals surface area (Å²) in [6.07, 6.45) is 1.63. The first kappa shape index (κ1) is 24.0. The number of likely N-dealkylation sites (tertiary alicyclic amines) is 1. The second-order valence-electron chi connectivity index (χ2n) is 6.81. The van der Waals surface area contributed by atoms with Gasteiger partial charge in [0.05, 0.1) is 15.8 Å².